The van der Waals surface area contributed by atoms with E-state index in [4.69, 9.17) is 4.74 Å². The number of amides is 3. The first kappa shape index (κ1) is 22.3. The van der Waals surface area contributed by atoms with Gasteiger partial charge in [0, 0.05) is 18.7 Å². The Morgan fingerprint density at radius 2 is 1.73 bits per heavy atom. The van der Waals surface area contributed by atoms with E-state index >= 15 is 0 Å². The number of nitro benzene ring substituents is 1. The molecule has 0 heterocycles. The van der Waals surface area contributed by atoms with Crippen LogP contribution in [0.25, 0.3) is 0 Å². The highest BCUT2D eigenvalue weighted by atomic mass is 16.6. The Kier molecular flexibility index (Phi) is 7.86. The quantitative estimate of drug-likeness (QED) is 0.345. The third kappa shape index (κ3) is 6.89. The molecule has 2 aromatic carbocycles. The number of carbonyl (C=O) groups is 3. The molecule has 0 fully saturated rings. The van der Waals surface area contributed by atoms with Gasteiger partial charge >= 0.3 is 12.0 Å². The fourth-order valence-electron chi connectivity index (χ4n) is 2.39. The van der Waals surface area contributed by atoms with Crippen LogP contribution in [0, 0.1) is 10.1 Å². The predicted octanol–water partition coefficient (Wildman–Crippen LogP) is 2.60. The molecule has 0 bridgehead atoms. The number of carbonyl (C=O) groups excluding carboxylic acids is 3. The third-order valence-corrected chi connectivity index (χ3v) is 3.77. The van der Waals surface area contributed by atoms with Crippen molar-refractivity contribution in [2.24, 2.45) is 0 Å². The van der Waals surface area contributed by atoms with Crippen LogP contribution in [0.1, 0.15) is 29.8 Å². The van der Waals surface area contributed by atoms with Gasteiger partial charge in [-0.1, -0.05) is 24.3 Å². The van der Waals surface area contributed by atoms with Crippen molar-refractivity contribution < 1.29 is 24.0 Å². The van der Waals surface area contributed by atoms with Crippen molar-refractivity contribution in [3.63, 3.8) is 0 Å². The van der Waals surface area contributed by atoms with E-state index in [1.165, 1.54) is 36.4 Å². The lowest BCUT2D eigenvalue weighted by Crippen LogP contribution is -2.39. The average molecular weight is 414 g/mol. The van der Waals surface area contributed by atoms with Crippen molar-refractivity contribution in [3.8, 4) is 0 Å². The minimum atomic E-state index is -0.718. The third-order valence-electron chi connectivity index (χ3n) is 3.77. The van der Waals surface area contributed by atoms with E-state index in [1.54, 1.807) is 12.1 Å². The summed E-state index contributed by atoms with van der Waals surface area (Å²) in [6.45, 7) is 3.39. The van der Waals surface area contributed by atoms with Crippen LogP contribution in [0.2, 0.25) is 0 Å². The summed E-state index contributed by atoms with van der Waals surface area (Å²) in [5.41, 5.74) is 0.758. The number of hydrogen-bond donors (Lipinski definition) is 3. The zero-order valence-electron chi connectivity index (χ0n) is 16.5. The van der Waals surface area contributed by atoms with E-state index in [1.807, 2.05) is 13.8 Å². The summed E-state index contributed by atoms with van der Waals surface area (Å²) >= 11 is 0. The number of hydrogen-bond acceptors (Lipinski definition) is 6. The maximum atomic E-state index is 12.1. The van der Waals surface area contributed by atoms with Crippen molar-refractivity contribution >= 4 is 29.3 Å². The molecular weight excluding hydrogens is 392 g/mol. The number of para-hydroxylation sites is 2. The number of nitrogens with one attached hydrogen (secondary N) is 3. The molecule has 3 amide bonds. The molecular formula is C20H22N4O6. The highest BCUT2D eigenvalue weighted by Crippen LogP contribution is 2.22. The molecule has 10 nitrogen and oxygen atoms in total. The number of nitro groups is 1. The van der Waals surface area contributed by atoms with Crippen LogP contribution in [0.15, 0.2) is 48.5 Å². The Morgan fingerprint density at radius 1 is 1.07 bits per heavy atom. The highest BCUT2D eigenvalue weighted by Gasteiger charge is 2.16. The summed E-state index contributed by atoms with van der Waals surface area (Å²) in [7, 11) is 0. The fourth-order valence-corrected chi connectivity index (χ4v) is 2.39. The minimum Gasteiger partial charge on any atom is -0.452 e. The van der Waals surface area contributed by atoms with Gasteiger partial charge in [-0.25, -0.2) is 9.59 Å². The van der Waals surface area contributed by atoms with Gasteiger partial charge in [-0.2, -0.15) is 0 Å². The number of urea groups is 1. The first-order valence-electron chi connectivity index (χ1n) is 9.10. The normalized spacial score (nSPS) is 10.2. The van der Waals surface area contributed by atoms with Gasteiger partial charge in [0.15, 0.2) is 6.61 Å². The second-order valence-corrected chi connectivity index (χ2v) is 6.58. The van der Waals surface area contributed by atoms with Crippen LogP contribution in [0.3, 0.4) is 0 Å². The van der Waals surface area contributed by atoms with Crippen LogP contribution in [-0.4, -0.2) is 35.5 Å². The smallest absolute Gasteiger partial charge is 0.338 e. The molecule has 0 aliphatic rings. The van der Waals surface area contributed by atoms with Crippen molar-refractivity contribution in [3.05, 3.63) is 69.8 Å². The van der Waals surface area contributed by atoms with Gasteiger partial charge in [0.2, 0.25) is 0 Å². The van der Waals surface area contributed by atoms with Gasteiger partial charge in [0.25, 0.3) is 11.6 Å². The van der Waals surface area contributed by atoms with E-state index in [2.05, 4.69) is 16.0 Å². The summed E-state index contributed by atoms with van der Waals surface area (Å²) in [4.78, 5) is 45.9. The Morgan fingerprint density at radius 3 is 2.37 bits per heavy atom. The van der Waals surface area contributed by atoms with Crippen LogP contribution in [-0.2, 0) is 16.1 Å². The maximum absolute atomic E-state index is 12.1. The first-order valence-corrected chi connectivity index (χ1v) is 9.10. The molecule has 0 radical (unpaired) electrons. The second-order valence-electron chi connectivity index (χ2n) is 6.58. The molecule has 158 valence electrons. The molecule has 0 aliphatic carbocycles. The largest absolute Gasteiger partial charge is 0.452 e. The molecule has 0 saturated carbocycles. The zero-order valence-corrected chi connectivity index (χ0v) is 16.5. The molecule has 0 atom stereocenters. The van der Waals surface area contributed by atoms with Crippen LogP contribution in [0.4, 0.5) is 16.2 Å². The topological polar surface area (TPSA) is 140 Å². The van der Waals surface area contributed by atoms with Gasteiger partial charge in [-0.05, 0) is 37.6 Å². The van der Waals surface area contributed by atoms with Crippen molar-refractivity contribution in [1.29, 1.82) is 0 Å². The Labute approximate surface area is 172 Å². The van der Waals surface area contributed by atoms with Crippen LogP contribution < -0.4 is 16.0 Å². The van der Waals surface area contributed by atoms with Crippen LogP contribution >= 0.6 is 0 Å². The Bertz CT molecular complexity index is 927. The second kappa shape index (κ2) is 10.6. The lowest BCUT2D eigenvalue weighted by Gasteiger charge is -2.10. The van der Waals surface area contributed by atoms with Gasteiger partial charge < -0.3 is 20.7 Å². The SMILES string of the molecule is CC(C)NC(=O)NCc1ccc(C(=O)OCC(=O)Nc2ccccc2[N+](=O)[O-])cc1. The van der Waals surface area contributed by atoms with Gasteiger partial charge in [-0.15, -0.1) is 0 Å². The fraction of sp³-hybridized carbons (Fsp3) is 0.250. The van der Waals surface area contributed by atoms with Crippen LogP contribution in [0.5, 0.6) is 0 Å². The molecule has 0 aliphatic heterocycles. The summed E-state index contributed by atoms with van der Waals surface area (Å²) in [5.74, 6) is -1.42. The van der Waals surface area contributed by atoms with Gasteiger partial charge in [0.05, 0.1) is 10.5 Å². The Balaban J connectivity index is 1.84. The molecule has 30 heavy (non-hydrogen) atoms. The molecule has 0 spiro atoms. The number of esters is 1. The van der Waals surface area contributed by atoms with E-state index < -0.39 is 23.4 Å². The first-order chi connectivity index (χ1) is 14.3. The number of rotatable bonds is 8. The number of nitrogens with zero attached hydrogens (tertiary/aromatic N) is 1. The van der Waals surface area contributed by atoms with E-state index in [9.17, 15) is 24.5 Å². The monoisotopic (exact) mass is 414 g/mol. The summed E-state index contributed by atoms with van der Waals surface area (Å²) in [6, 6.07) is 11.7. The number of ether oxygens (including phenoxy) is 1. The predicted molar refractivity (Wildman–Crippen MR) is 109 cm³/mol. The van der Waals surface area contributed by atoms with E-state index in [0.717, 1.165) is 5.56 Å². The molecule has 10 heteroatoms. The van der Waals surface area contributed by atoms with E-state index in [0.29, 0.717) is 0 Å². The molecule has 2 aromatic rings. The van der Waals surface area contributed by atoms with Gasteiger partial charge in [0.1, 0.15) is 5.69 Å². The minimum absolute atomic E-state index is 0.0157. The summed E-state index contributed by atoms with van der Waals surface area (Å²) < 4.78 is 4.94. The number of anilines is 1. The standard InChI is InChI=1S/C20H22N4O6/c1-13(2)22-20(27)21-11-14-7-9-15(10-8-14)19(26)30-12-18(25)23-16-5-3-4-6-17(16)24(28)29/h3-10,13H,11-12H2,1-2H3,(H,23,25)(H2,21,22,27). The molecule has 2 rings (SSSR count). The van der Waals surface area contributed by atoms with Crippen molar-refractivity contribution in [1.82, 2.24) is 10.6 Å². The molecule has 0 saturated heterocycles. The molecule has 0 unspecified atom stereocenters. The van der Waals surface area contributed by atoms with Gasteiger partial charge in [-0.3, -0.25) is 14.9 Å². The number of benzene rings is 2. The highest BCUT2D eigenvalue weighted by molar-refractivity contribution is 5.96. The average Bonchev–Trinajstić information content (AvgIpc) is 2.70. The lowest BCUT2D eigenvalue weighted by molar-refractivity contribution is -0.383. The Hall–Kier alpha value is -3.95. The maximum Gasteiger partial charge on any atom is 0.338 e. The van der Waals surface area contributed by atoms with Crippen molar-refractivity contribution in [2.45, 2.75) is 26.4 Å². The lowest BCUT2D eigenvalue weighted by atomic mass is 10.1. The molecule has 0 aromatic heterocycles. The van der Waals surface area contributed by atoms with E-state index in [-0.39, 0.29) is 35.6 Å². The molecule has 3 N–H and O–H groups in total. The zero-order chi connectivity index (χ0) is 22.1. The summed E-state index contributed by atoms with van der Waals surface area (Å²) in [6.07, 6.45) is 0. The summed E-state index contributed by atoms with van der Waals surface area (Å²) in [5, 5.41) is 18.7. The van der Waals surface area contributed by atoms with Crippen molar-refractivity contribution in [2.75, 3.05) is 11.9 Å².